The third-order valence-electron chi connectivity index (χ3n) is 1.39. The third kappa shape index (κ3) is 1.35. The van der Waals surface area contributed by atoms with Crippen LogP contribution in [0.3, 0.4) is 0 Å². The van der Waals surface area contributed by atoms with Crippen molar-refractivity contribution in [3.05, 3.63) is 35.3 Å². The highest BCUT2D eigenvalue weighted by molar-refractivity contribution is 9.10. The third-order valence-corrected chi connectivity index (χ3v) is 1.76. The fraction of sp³-hybridized carbons (Fsp3) is 0. The summed E-state index contributed by atoms with van der Waals surface area (Å²) < 4.78 is 2.39. The van der Waals surface area contributed by atoms with Gasteiger partial charge in [-0.05, 0) is 28.1 Å². The molecule has 0 saturated carbocycles. The van der Waals surface area contributed by atoms with E-state index in [4.69, 9.17) is 0 Å². The lowest BCUT2D eigenvalue weighted by Gasteiger charge is -1.95. The number of nitrogens with zero attached hydrogens (tertiary/aromatic N) is 4. The molecule has 2 aromatic heterocycles. The van der Waals surface area contributed by atoms with Gasteiger partial charge in [0.05, 0.1) is 11.9 Å². The Labute approximate surface area is 77.4 Å². The molecule has 0 unspecified atom stereocenters. The minimum Gasteiger partial charge on any atom is -0.265 e. The molecule has 0 N–H and O–H groups in total. The van der Waals surface area contributed by atoms with Gasteiger partial charge in [-0.3, -0.25) is 4.98 Å². The Hall–Kier alpha value is -1.23. The average molecular weight is 225 g/mol. The zero-order valence-corrected chi connectivity index (χ0v) is 7.64. The molecule has 0 spiro atoms. The van der Waals surface area contributed by atoms with Gasteiger partial charge in [0.15, 0.2) is 0 Å². The van der Waals surface area contributed by atoms with E-state index in [0.29, 0.717) is 0 Å². The zero-order valence-electron chi connectivity index (χ0n) is 6.05. The summed E-state index contributed by atoms with van der Waals surface area (Å²) in [5, 5.41) is 7.68. The van der Waals surface area contributed by atoms with Gasteiger partial charge in [-0.2, -0.15) is 0 Å². The normalized spacial score (nSPS) is 10.1. The molecule has 0 saturated heterocycles. The Kier molecular flexibility index (Phi) is 1.87. The second-order valence-corrected chi connectivity index (χ2v) is 3.00. The molecule has 12 heavy (non-hydrogen) atoms. The molecule has 0 atom stereocenters. The van der Waals surface area contributed by atoms with Crippen molar-refractivity contribution in [2.75, 3.05) is 0 Å². The van der Waals surface area contributed by atoms with E-state index >= 15 is 0 Å². The largest absolute Gasteiger partial charge is 0.265 e. The quantitative estimate of drug-likeness (QED) is 0.737. The first-order valence-corrected chi connectivity index (χ1v) is 4.14. The number of pyridine rings is 1. The Balaban J connectivity index is 2.45. The molecule has 0 aliphatic heterocycles. The van der Waals surface area contributed by atoms with Crippen molar-refractivity contribution in [1.29, 1.82) is 0 Å². The van der Waals surface area contributed by atoms with Crippen molar-refractivity contribution in [2.24, 2.45) is 0 Å². The van der Waals surface area contributed by atoms with Crippen LogP contribution < -0.4 is 0 Å². The predicted molar refractivity (Wildman–Crippen MR) is 46.9 cm³/mol. The highest BCUT2D eigenvalue weighted by Gasteiger charge is 1.97. The van der Waals surface area contributed by atoms with Gasteiger partial charge in [-0.1, -0.05) is 5.21 Å². The Morgan fingerprint density at radius 2 is 2.00 bits per heavy atom. The smallest absolute Gasteiger partial charge is 0.148 e. The topological polar surface area (TPSA) is 43.6 Å². The number of aromatic nitrogens is 4. The highest BCUT2D eigenvalue weighted by Crippen LogP contribution is 2.07. The van der Waals surface area contributed by atoms with Crippen molar-refractivity contribution in [3.8, 4) is 5.69 Å². The van der Waals surface area contributed by atoms with Crippen LogP contribution in [0.1, 0.15) is 0 Å². The SMILES string of the molecule is Brc1cn(-c2ccncc2)nn1. The lowest BCUT2D eigenvalue weighted by atomic mass is 10.4. The highest BCUT2D eigenvalue weighted by atomic mass is 79.9. The summed E-state index contributed by atoms with van der Waals surface area (Å²) in [5.41, 5.74) is 0.947. The molecule has 2 rings (SSSR count). The standard InChI is InChI=1S/C7H5BrN4/c8-7-5-12(11-10-7)6-1-3-9-4-2-6/h1-5H. The van der Waals surface area contributed by atoms with Gasteiger partial charge in [0.2, 0.25) is 0 Å². The van der Waals surface area contributed by atoms with Crippen LogP contribution in [-0.2, 0) is 0 Å². The summed E-state index contributed by atoms with van der Waals surface area (Å²) in [4.78, 5) is 3.90. The van der Waals surface area contributed by atoms with E-state index in [1.54, 1.807) is 23.3 Å². The van der Waals surface area contributed by atoms with E-state index < -0.39 is 0 Å². The summed E-state index contributed by atoms with van der Waals surface area (Å²) >= 11 is 3.22. The van der Waals surface area contributed by atoms with Gasteiger partial charge in [-0.15, -0.1) is 5.10 Å². The number of halogens is 1. The maximum absolute atomic E-state index is 3.90. The van der Waals surface area contributed by atoms with E-state index in [9.17, 15) is 0 Å². The van der Waals surface area contributed by atoms with Crippen LogP contribution in [0.4, 0.5) is 0 Å². The predicted octanol–water partition coefficient (Wildman–Crippen LogP) is 1.42. The molecular weight excluding hydrogens is 220 g/mol. The number of hydrogen-bond acceptors (Lipinski definition) is 3. The van der Waals surface area contributed by atoms with Crippen LogP contribution in [0.15, 0.2) is 35.3 Å². The second-order valence-electron chi connectivity index (χ2n) is 2.19. The van der Waals surface area contributed by atoms with Crippen LogP contribution in [-0.4, -0.2) is 20.0 Å². The minimum absolute atomic E-state index is 0.722. The van der Waals surface area contributed by atoms with Gasteiger partial charge >= 0.3 is 0 Å². The van der Waals surface area contributed by atoms with Gasteiger partial charge in [-0.25, -0.2) is 4.68 Å². The van der Waals surface area contributed by atoms with Gasteiger partial charge in [0, 0.05) is 12.4 Å². The molecule has 0 fully saturated rings. The maximum Gasteiger partial charge on any atom is 0.148 e. The lowest BCUT2D eigenvalue weighted by molar-refractivity contribution is 0.800. The molecule has 0 aliphatic rings. The van der Waals surface area contributed by atoms with Crippen molar-refractivity contribution in [3.63, 3.8) is 0 Å². The van der Waals surface area contributed by atoms with Crippen LogP contribution >= 0.6 is 15.9 Å². The Bertz CT molecular complexity index is 370. The second kappa shape index (κ2) is 3.02. The molecule has 0 aliphatic carbocycles. The molecule has 2 aromatic rings. The van der Waals surface area contributed by atoms with E-state index in [0.717, 1.165) is 10.3 Å². The first-order valence-electron chi connectivity index (χ1n) is 3.34. The molecule has 60 valence electrons. The van der Waals surface area contributed by atoms with Crippen molar-refractivity contribution >= 4 is 15.9 Å². The fourth-order valence-electron chi connectivity index (χ4n) is 0.866. The zero-order chi connectivity index (χ0) is 8.39. The van der Waals surface area contributed by atoms with E-state index in [-0.39, 0.29) is 0 Å². The molecule has 0 radical (unpaired) electrons. The van der Waals surface area contributed by atoms with E-state index in [1.165, 1.54) is 0 Å². The molecule has 5 heteroatoms. The van der Waals surface area contributed by atoms with Gasteiger partial charge < -0.3 is 0 Å². The number of hydrogen-bond donors (Lipinski definition) is 0. The molecular formula is C7H5BrN4. The Morgan fingerprint density at radius 3 is 2.58 bits per heavy atom. The molecule has 0 amide bonds. The van der Waals surface area contributed by atoms with E-state index in [2.05, 4.69) is 31.2 Å². The lowest BCUT2D eigenvalue weighted by Crippen LogP contribution is -1.94. The maximum atomic E-state index is 3.90. The first kappa shape index (κ1) is 7.42. The summed E-state index contributed by atoms with van der Waals surface area (Å²) in [6.07, 6.45) is 5.21. The molecule has 4 nitrogen and oxygen atoms in total. The van der Waals surface area contributed by atoms with Crippen LogP contribution in [0.5, 0.6) is 0 Å². The van der Waals surface area contributed by atoms with Crippen molar-refractivity contribution < 1.29 is 0 Å². The average Bonchev–Trinajstić information content (AvgIpc) is 2.54. The summed E-state index contributed by atoms with van der Waals surface area (Å²) in [6, 6.07) is 3.72. The molecule has 0 aromatic carbocycles. The van der Waals surface area contributed by atoms with Crippen LogP contribution in [0, 0.1) is 0 Å². The van der Waals surface area contributed by atoms with Crippen LogP contribution in [0.2, 0.25) is 0 Å². The fourth-order valence-corrected chi connectivity index (χ4v) is 1.13. The summed E-state index contributed by atoms with van der Waals surface area (Å²) in [7, 11) is 0. The molecule has 2 heterocycles. The van der Waals surface area contributed by atoms with Crippen LogP contribution in [0.25, 0.3) is 5.69 Å². The summed E-state index contributed by atoms with van der Waals surface area (Å²) in [6.45, 7) is 0. The first-order chi connectivity index (χ1) is 5.86. The van der Waals surface area contributed by atoms with Crippen molar-refractivity contribution in [2.45, 2.75) is 0 Å². The van der Waals surface area contributed by atoms with Gasteiger partial charge in [0.1, 0.15) is 4.60 Å². The molecule has 0 bridgehead atoms. The van der Waals surface area contributed by atoms with Gasteiger partial charge in [0.25, 0.3) is 0 Å². The minimum atomic E-state index is 0.722. The van der Waals surface area contributed by atoms with Crippen molar-refractivity contribution in [1.82, 2.24) is 20.0 Å². The van der Waals surface area contributed by atoms with E-state index in [1.807, 2.05) is 12.1 Å². The monoisotopic (exact) mass is 224 g/mol. The Morgan fingerprint density at radius 1 is 1.25 bits per heavy atom. The number of rotatable bonds is 1. The summed E-state index contributed by atoms with van der Waals surface area (Å²) in [5.74, 6) is 0.